The molecule has 0 spiro atoms. The Morgan fingerprint density at radius 1 is 1.19 bits per heavy atom. The van der Waals surface area contributed by atoms with E-state index in [1.807, 2.05) is 6.07 Å². The monoisotopic (exact) mass is 494 g/mol. The van der Waals surface area contributed by atoms with Gasteiger partial charge in [0.05, 0.1) is 31.3 Å². The van der Waals surface area contributed by atoms with Crippen LogP contribution in [0.5, 0.6) is 5.75 Å². The van der Waals surface area contributed by atoms with Crippen LogP contribution in [0, 0.1) is 11.2 Å². The number of aromatic nitrogens is 1. The number of nitrogens with zero attached hydrogens (tertiary/aromatic N) is 2. The minimum atomic E-state index is -1.06. The summed E-state index contributed by atoms with van der Waals surface area (Å²) in [5, 5.41) is 21.2. The number of methoxy groups -OCH3 is 1. The lowest BCUT2D eigenvalue weighted by Crippen LogP contribution is -2.41. The second-order valence-corrected chi connectivity index (χ2v) is 9.96. The van der Waals surface area contributed by atoms with Crippen molar-refractivity contribution in [3.8, 4) is 5.75 Å². The van der Waals surface area contributed by atoms with Gasteiger partial charge >= 0.3 is 5.97 Å². The van der Waals surface area contributed by atoms with Crippen LogP contribution < -0.4 is 4.74 Å². The van der Waals surface area contributed by atoms with E-state index in [0.717, 1.165) is 51.5 Å². The van der Waals surface area contributed by atoms with Crippen molar-refractivity contribution in [1.82, 2.24) is 9.88 Å². The van der Waals surface area contributed by atoms with Crippen molar-refractivity contribution in [1.29, 1.82) is 0 Å². The Bertz CT molecular complexity index is 1160. The number of hydrogen-bond donors (Lipinski definition) is 2. The number of aliphatic hydroxyl groups is 1. The largest absolute Gasteiger partial charge is 0.497 e. The number of fused-ring (bicyclic) bond motifs is 1. The van der Waals surface area contributed by atoms with E-state index in [4.69, 9.17) is 4.74 Å². The van der Waals surface area contributed by atoms with Crippen LogP contribution in [0.2, 0.25) is 0 Å². The zero-order valence-electron chi connectivity index (χ0n) is 20.8. The third-order valence-corrected chi connectivity index (χ3v) is 7.58. The molecule has 1 atom stereocenters. The van der Waals surface area contributed by atoms with Gasteiger partial charge in [0.15, 0.2) is 0 Å². The third kappa shape index (κ3) is 6.39. The highest BCUT2D eigenvalue weighted by atomic mass is 19.1. The Balaban J connectivity index is 1.39. The average Bonchev–Trinajstić information content (AvgIpc) is 2.88. The van der Waals surface area contributed by atoms with E-state index in [9.17, 15) is 19.4 Å². The lowest BCUT2D eigenvalue weighted by molar-refractivity contribution is -0.141. The smallest absolute Gasteiger partial charge is 0.303 e. The van der Waals surface area contributed by atoms with Crippen molar-refractivity contribution < 1.29 is 24.1 Å². The van der Waals surface area contributed by atoms with Gasteiger partial charge in [-0.15, -0.1) is 0 Å². The molecule has 2 aromatic carbocycles. The zero-order valence-corrected chi connectivity index (χ0v) is 20.8. The molecule has 0 radical (unpaired) electrons. The Morgan fingerprint density at radius 2 is 1.94 bits per heavy atom. The van der Waals surface area contributed by atoms with Gasteiger partial charge in [-0.3, -0.25) is 9.78 Å². The van der Waals surface area contributed by atoms with Crippen LogP contribution in [-0.2, 0) is 11.2 Å². The summed E-state index contributed by atoms with van der Waals surface area (Å²) in [4.78, 5) is 18.3. The first kappa shape index (κ1) is 26.0. The Labute approximate surface area is 211 Å². The molecule has 1 fully saturated rings. The van der Waals surface area contributed by atoms with Crippen LogP contribution in [0.3, 0.4) is 0 Å². The first-order valence-corrected chi connectivity index (χ1v) is 12.7. The standard InChI is InChI=1S/C29H35FN2O4/c1-36-22-9-10-25-23(18-22)28(24(30)20-31-25)26(33)11-12-29(19-27(34)35)13-16-32(17-14-29)15-5-8-21-6-3-2-4-7-21/h2-4,6-7,9-10,18,20,26,33H,5,8,11-17,19H2,1H3,(H,34,35). The molecule has 6 nitrogen and oxygen atoms in total. The Hall–Kier alpha value is -3.03. The number of aliphatic hydroxyl groups excluding tert-OH is 1. The van der Waals surface area contributed by atoms with Crippen LogP contribution in [0.15, 0.2) is 54.7 Å². The molecule has 2 N–H and O–H groups in total. The number of halogens is 1. The van der Waals surface area contributed by atoms with Gasteiger partial charge in [0, 0.05) is 10.9 Å². The maximum Gasteiger partial charge on any atom is 0.303 e. The van der Waals surface area contributed by atoms with Crippen molar-refractivity contribution in [2.24, 2.45) is 5.41 Å². The molecular weight excluding hydrogens is 459 g/mol. The molecule has 1 saturated heterocycles. The number of benzene rings is 2. The van der Waals surface area contributed by atoms with Crippen molar-refractivity contribution in [2.45, 2.75) is 51.0 Å². The van der Waals surface area contributed by atoms with E-state index >= 15 is 0 Å². The van der Waals surface area contributed by atoms with Gasteiger partial charge < -0.3 is 19.8 Å². The van der Waals surface area contributed by atoms with E-state index < -0.39 is 23.3 Å². The summed E-state index contributed by atoms with van der Waals surface area (Å²) in [5.74, 6) is -0.832. The van der Waals surface area contributed by atoms with E-state index in [1.54, 1.807) is 18.2 Å². The molecule has 7 heteroatoms. The number of aryl methyl sites for hydroxylation is 1. The number of likely N-dealkylation sites (tertiary alicyclic amines) is 1. The number of carboxylic acids is 1. The average molecular weight is 495 g/mol. The summed E-state index contributed by atoms with van der Waals surface area (Å²) in [5.41, 5.74) is 1.70. The number of carbonyl (C=O) groups is 1. The number of piperidine rings is 1. The summed E-state index contributed by atoms with van der Waals surface area (Å²) in [6, 6.07) is 15.6. The molecule has 0 amide bonds. The highest BCUT2D eigenvalue weighted by Gasteiger charge is 2.37. The molecule has 1 aromatic heterocycles. The first-order chi connectivity index (χ1) is 17.4. The minimum Gasteiger partial charge on any atom is -0.497 e. The molecule has 0 bridgehead atoms. The maximum absolute atomic E-state index is 14.8. The van der Waals surface area contributed by atoms with Gasteiger partial charge in [0.25, 0.3) is 0 Å². The van der Waals surface area contributed by atoms with Gasteiger partial charge in [0.1, 0.15) is 11.6 Å². The second kappa shape index (κ2) is 11.8. The van der Waals surface area contributed by atoms with Crippen LogP contribution in [0.25, 0.3) is 10.9 Å². The number of hydrogen-bond acceptors (Lipinski definition) is 5. The topological polar surface area (TPSA) is 82.9 Å². The summed E-state index contributed by atoms with van der Waals surface area (Å²) in [6.07, 6.45) is 4.54. The minimum absolute atomic E-state index is 0.0605. The van der Waals surface area contributed by atoms with Gasteiger partial charge in [0.2, 0.25) is 0 Å². The van der Waals surface area contributed by atoms with Crippen LogP contribution >= 0.6 is 0 Å². The van der Waals surface area contributed by atoms with Gasteiger partial charge in [-0.05, 0) is 87.3 Å². The highest BCUT2D eigenvalue weighted by Crippen LogP contribution is 2.42. The summed E-state index contributed by atoms with van der Waals surface area (Å²) in [7, 11) is 1.54. The zero-order chi connectivity index (χ0) is 25.5. The molecular formula is C29H35FN2O4. The third-order valence-electron chi connectivity index (χ3n) is 7.58. The Morgan fingerprint density at radius 3 is 2.64 bits per heavy atom. The van der Waals surface area contributed by atoms with Crippen LogP contribution in [-0.4, -0.2) is 52.8 Å². The Kier molecular flexibility index (Phi) is 8.54. The molecule has 1 aliphatic heterocycles. The van der Waals surface area contributed by atoms with E-state index in [0.29, 0.717) is 23.1 Å². The van der Waals surface area contributed by atoms with Gasteiger partial charge in [-0.2, -0.15) is 0 Å². The fourth-order valence-electron chi connectivity index (χ4n) is 5.46. The fourth-order valence-corrected chi connectivity index (χ4v) is 5.46. The maximum atomic E-state index is 14.8. The van der Waals surface area contributed by atoms with Gasteiger partial charge in [-0.25, -0.2) is 4.39 Å². The van der Waals surface area contributed by atoms with Crippen LogP contribution in [0.4, 0.5) is 4.39 Å². The molecule has 2 heterocycles. The van der Waals surface area contributed by atoms with Crippen LogP contribution in [0.1, 0.15) is 55.8 Å². The number of ether oxygens (including phenoxy) is 1. The molecule has 192 valence electrons. The number of rotatable bonds is 11. The van der Waals surface area contributed by atoms with E-state index in [-0.39, 0.29) is 18.4 Å². The lowest BCUT2D eigenvalue weighted by Gasteiger charge is -2.41. The second-order valence-electron chi connectivity index (χ2n) is 9.96. The summed E-state index contributed by atoms with van der Waals surface area (Å²) >= 11 is 0. The molecule has 1 unspecified atom stereocenters. The molecule has 0 saturated carbocycles. The lowest BCUT2D eigenvalue weighted by atomic mass is 9.71. The number of aliphatic carboxylic acids is 1. The predicted molar refractivity (Wildman–Crippen MR) is 138 cm³/mol. The van der Waals surface area contributed by atoms with E-state index in [1.165, 1.54) is 12.7 Å². The number of pyridine rings is 1. The summed E-state index contributed by atoms with van der Waals surface area (Å²) in [6.45, 7) is 2.65. The van der Waals surface area contributed by atoms with E-state index in [2.05, 4.69) is 34.1 Å². The fraction of sp³-hybridized carbons (Fsp3) is 0.448. The van der Waals surface area contributed by atoms with Crippen molar-refractivity contribution in [2.75, 3.05) is 26.7 Å². The highest BCUT2D eigenvalue weighted by molar-refractivity contribution is 5.84. The van der Waals surface area contributed by atoms with Crippen molar-refractivity contribution >= 4 is 16.9 Å². The molecule has 36 heavy (non-hydrogen) atoms. The normalized spacial score (nSPS) is 16.6. The van der Waals surface area contributed by atoms with Crippen molar-refractivity contribution in [3.05, 3.63) is 71.7 Å². The SMILES string of the molecule is COc1ccc2ncc(F)c(C(O)CCC3(CC(=O)O)CCN(CCCc4ccccc4)CC3)c2c1. The molecule has 1 aliphatic rings. The van der Waals surface area contributed by atoms with Crippen molar-refractivity contribution in [3.63, 3.8) is 0 Å². The van der Waals surface area contributed by atoms with Gasteiger partial charge in [-0.1, -0.05) is 30.3 Å². The number of carboxylic acid groups (broad SMARTS) is 1. The molecule has 4 rings (SSSR count). The predicted octanol–water partition coefficient (Wildman–Crippen LogP) is 5.39. The first-order valence-electron chi connectivity index (χ1n) is 12.7. The molecule has 3 aromatic rings. The molecule has 0 aliphatic carbocycles. The quantitative estimate of drug-likeness (QED) is 0.372. The summed E-state index contributed by atoms with van der Waals surface area (Å²) < 4.78 is 20.1.